The Morgan fingerprint density at radius 3 is 2.75 bits per heavy atom. The summed E-state index contributed by atoms with van der Waals surface area (Å²) in [6.07, 6.45) is 2.94. The van der Waals surface area contributed by atoms with Crippen molar-refractivity contribution in [2.24, 2.45) is 11.8 Å². The normalized spacial score (nSPS) is 19.4. The molecule has 0 spiro atoms. The van der Waals surface area contributed by atoms with Gasteiger partial charge in [0.2, 0.25) is 11.7 Å². The molecular formula is C23H30N6O2S. The van der Waals surface area contributed by atoms with Crippen LogP contribution >= 0.6 is 11.8 Å². The molecule has 1 fully saturated rings. The zero-order valence-corrected chi connectivity index (χ0v) is 19.5. The third-order valence-corrected chi connectivity index (χ3v) is 6.75. The topological polar surface area (TPSA) is 84.5 Å². The van der Waals surface area contributed by atoms with Gasteiger partial charge in [-0.3, -0.25) is 18.6 Å². The van der Waals surface area contributed by atoms with Crippen LogP contribution in [0.15, 0.2) is 46.9 Å². The van der Waals surface area contributed by atoms with E-state index in [-0.39, 0.29) is 17.2 Å². The van der Waals surface area contributed by atoms with Crippen LogP contribution in [-0.4, -0.2) is 61.9 Å². The van der Waals surface area contributed by atoms with Gasteiger partial charge in [0.25, 0.3) is 5.56 Å². The minimum atomic E-state index is -0.129. The first-order valence-corrected chi connectivity index (χ1v) is 12.1. The van der Waals surface area contributed by atoms with E-state index in [0.717, 1.165) is 25.2 Å². The highest BCUT2D eigenvalue weighted by atomic mass is 32.2. The van der Waals surface area contributed by atoms with Crippen molar-refractivity contribution in [1.82, 2.24) is 29.4 Å². The molecule has 32 heavy (non-hydrogen) atoms. The number of para-hydroxylation sites is 1. The smallest absolute Gasteiger partial charge is 0.263 e. The van der Waals surface area contributed by atoms with Gasteiger partial charge in [0.15, 0.2) is 5.16 Å². The van der Waals surface area contributed by atoms with Gasteiger partial charge in [-0.15, -0.1) is 16.8 Å². The summed E-state index contributed by atoms with van der Waals surface area (Å²) >= 11 is 1.32. The van der Waals surface area contributed by atoms with E-state index in [1.165, 1.54) is 18.2 Å². The van der Waals surface area contributed by atoms with Crippen molar-refractivity contribution in [1.29, 1.82) is 0 Å². The number of nitrogens with one attached hydrogen (secondary N) is 1. The number of allylic oxidation sites excluding steroid dienone is 1. The highest BCUT2D eigenvalue weighted by molar-refractivity contribution is 7.99. The summed E-state index contributed by atoms with van der Waals surface area (Å²) < 4.78 is 3.39. The molecule has 1 saturated heterocycles. The Morgan fingerprint density at radius 2 is 2.00 bits per heavy atom. The molecule has 170 valence electrons. The Labute approximate surface area is 191 Å². The average molecular weight is 455 g/mol. The largest absolute Gasteiger partial charge is 0.354 e. The molecular weight excluding hydrogens is 424 g/mol. The number of piperidine rings is 1. The number of rotatable bonds is 8. The summed E-state index contributed by atoms with van der Waals surface area (Å²) in [6, 6.07) is 7.38. The van der Waals surface area contributed by atoms with Crippen LogP contribution in [0, 0.1) is 11.8 Å². The van der Waals surface area contributed by atoms with Gasteiger partial charge in [0, 0.05) is 32.7 Å². The van der Waals surface area contributed by atoms with Gasteiger partial charge in [0.1, 0.15) is 0 Å². The maximum absolute atomic E-state index is 12.9. The first-order chi connectivity index (χ1) is 15.5. The number of carbonyl (C=O) groups is 1. The van der Waals surface area contributed by atoms with Gasteiger partial charge in [-0.25, -0.2) is 0 Å². The van der Waals surface area contributed by atoms with Crippen LogP contribution < -0.4 is 10.9 Å². The maximum Gasteiger partial charge on any atom is 0.263 e. The lowest BCUT2D eigenvalue weighted by Gasteiger charge is -2.34. The van der Waals surface area contributed by atoms with Gasteiger partial charge >= 0.3 is 0 Å². The summed E-state index contributed by atoms with van der Waals surface area (Å²) in [5.41, 5.74) is 0.602. The predicted octanol–water partition coefficient (Wildman–Crippen LogP) is 2.42. The van der Waals surface area contributed by atoms with Crippen LogP contribution in [0.4, 0.5) is 0 Å². The van der Waals surface area contributed by atoms with Crippen LogP contribution in [-0.2, 0) is 11.3 Å². The lowest BCUT2D eigenvalue weighted by atomic mass is 9.92. The Bertz CT molecular complexity index is 1180. The molecule has 2 atom stereocenters. The number of fused-ring (bicyclic) bond motifs is 3. The van der Waals surface area contributed by atoms with Crippen LogP contribution in [0.1, 0.15) is 20.3 Å². The third-order valence-electron chi connectivity index (χ3n) is 5.82. The summed E-state index contributed by atoms with van der Waals surface area (Å²) in [7, 11) is 0. The number of thioether (sulfide) groups is 1. The van der Waals surface area contributed by atoms with E-state index in [1.54, 1.807) is 16.7 Å². The molecule has 0 aliphatic carbocycles. The number of carbonyl (C=O) groups excluding carboxylic acids is 1. The number of hydrogen-bond acceptors (Lipinski definition) is 6. The summed E-state index contributed by atoms with van der Waals surface area (Å²) in [5.74, 6) is 2.07. The van der Waals surface area contributed by atoms with Gasteiger partial charge in [-0.05, 0) is 30.4 Å². The van der Waals surface area contributed by atoms with E-state index in [9.17, 15) is 9.59 Å². The van der Waals surface area contributed by atoms with Gasteiger partial charge in [-0.1, -0.05) is 43.8 Å². The molecule has 3 aromatic rings. The molecule has 1 aliphatic heterocycles. The molecule has 3 heterocycles. The molecule has 1 aromatic carbocycles. The van der Waals surface area contributed by atoms with E-state index in [1.807, 2.05) is 22.6 Å². The molecule has 0 radical (unpaired) electrons. The fourth-order valence-corrected chi connectivity index (χ4v) is 5.40. The van der Waals surface area contributed by atoms with Crippen LogP contribution in [0.5, 0.6) is 0 Å². The second-order valence-corrected chi connectivity index (χ2v) is 9.63. The number of amides is 1. The minimum Gasteiger partial charge on any atom is -0.354 e. The zero-order chi connectivity index (χ0) is 22.7. The fourth-order valence-electron chi connectivity index (χ4n) is 4.63. The Morgan fingerprint density at radius 1 is 1.25 bits per heavy atom. The third kappa shape index (κ3) is 4.73. The molecule has 8 nitrogen and oxygen atoms in total. The first-order valence-electron chi connectivity index (χ1n) is 11.1. The molecule has 2 aromatic heterocycles. The fraction of sp³-hybridized carbons (Fsp3) is 0.478. The Balaban J connectivity index is 1.44. The van der Waals surface area contributed by atoms with Crippen molar-refractivity contribution in [3.63, 3.8) is 0 Å². The van der Waals surface area contributed by atoms with Crippen LogP contribution in [0.2, 0.25) is 0 Å². The van der Waals surface area contributed by atoms with Crippen molar-refractivity contribution in [2.45, 2.75) is 32.0 Å². The first kappa shape index (κ1) is 22.5. The van der Waals surface area contributed by atoms with E-state index >= 15 is 0 Å². The lowest BCUT2D eigenvalue weighted by Crippen LogP contribution is -2.43. The number of likely N-dealkylation sites (tertiary alicyclic amines) is 1. The van der Waals surface area contributed by atoms with E-state index in [2.05, 4.69) is 40.8 Å². The molecule has 9 heteroatoms. The van der Waals surface area contributed by atoms with Crippen molar-refractivity contribution in [3.8, 4) is 0 Å². The molecule has 2 unspecified atom stereocenters. The predicted molar refractivity (Wildman–Crippen MR) is 128 cm³/mol. The standard InChI is InChI=1S/C23H30N6O2S/c1-4-10-28-21(31)18-7-5-6-8-19(18)29-22(28)25-26-23(29)32-15-20(30)24-9-11-27-13-16(2)12-17(3)14-27/h4-8,16-17H,1,9-15H2,2-3H3,(H,24,30). The van der Waals surface area contributed by atoms with Crippen LogP contribution in [0.3, 0.4) is 0 Å². The Hall–Kier alpha value is -2.65. The summed E-state index contributed by atoms with van der Waals surface area (Å²) in [5, 5.41) is 12.7. The average Bonchev–Trinajstić information content (AvgIpc) is 3.18. The molecule has 1 N–H and O–H groups in total. The van der Waals surface area contributed by atoms with Crippen LogP contribution in [0.25, 0.3) is 16.7 Å². The quantitative estimate of drug-likeness (QED) is 0.416. The van der Waals surface area contributed by atoms with Gasteiger partial charge in [-0.2, -0.15) is 0 Å². The molecule has 1 aliphatic rings. The van der Waals surface area contributed by atoms with E-state index in [0.29, 0.717) is 41.2 Å². The highest BCUT2D eigenvalue weighted by Gasteiger charge is 2.21. The zero-order valence-electron chi connectivity index (χ0n) is 18.7. The SMILES string of the molecule is C=CCn1c(=O)c2ccccc2n2c(SCC(=O)NCCN3CC(C)CC(C)C3)nnc12. The molecule has 0 saturated carbocycles. The maximum atomic E-state index is 12.9. The summed E-state index contributed by atoms with van der Waals surface area (Å²) in [6.45, 7) is 12.4. The van der Waals surface area contributed by atoms with Gasteiger partial charge in [0.05, 0.1) is 16.7 Å². The number of benzene rings is 1. The van der Waals surface area contributed by atoms with Crippen molar-refractivity contribution < 1.29 is 4.79 Å². The molecule has 4 rings (SSSR count). The number of nitrogens with zero attached hydrogens (tertiary/aromatic N) is 5. The summed E-state index contributed by atoms with van der Waals surface area (Å²) in [4.78, 5) is 27.7. The Kier molecular flexibility index (Phi) is 6.95. The second kappa shape index (κ2) is 9.87. The monoisotopic (exact) mass is 454 g/mol. The van der Waals surface area contributed by atoms with Gasteiger partial charge < -0.3 is 10.2 Å². The molecule has 1 amide bonds. The van der Waals surface area contributed by atoms with Crippen molar-refractivity contribution >= 4 is 34.3 Å². The van der Waals surface area contributed by atoms with E-state index < -0.39 is 0 Å². The van der Waals surface area contributed by atoms with Crippen molar-refractivity contribution in [2.75, 3.05) is 31.9 Å². The highest BCUT2D eigenvalue weighted by Crippen LogP contribution is 2.22. The minimum absolute atomic E-state index is 0.0337. The number of aromatic nitrogens is 4. The second-order valence-electron chi connectivity index (χ2n) is 8.68. The molecule has 0 bridgehead atoms. The van der Waals surface area contributed by atoms with E-state index in [4.69, 9.17) is 0 Å². The van der Waals surface area contributed by atoms with Crippen molar-refractivity contribution in [3.05, 3.63) is 47.3 Å². The lowest BCUT2D eigenvalue weighted by molar-refractivity contribution is -0.118. The number of hydrogen-bond donors (Lipinski definition) is 1.